The number of ketones is 1. The number of alkyl halides is 4. The third-order valence-electron chi connectivity index (χ3n) is 1.80. The van der Waals surface area contributed by atoms with Gasteiger partial charge in [0.15, 0.2) is 5.78 Å². The highest BCUT2D eigenvalue weighted by molar-refractivity contribution is 9.10. The summed E-state index contributed by atoms with van der Waals surface area (Å²) in [7, 11) is 0. The van der Waals surface area contributed by atoms with Gasteiger partial charge in [-0.2, -0.15) is 13.2 Å². The molecular formula is C9H4Br2ClF3O. The summed E-state index contributed by atoms with van der Waals surface area (Å²) < 4.78 is 38.1. The lowest BCUT2D eigenvalue weighted by atomic mass is 10.0. The monoisotopic (exact) mass is 378 g/mol. The molecule has 1 aromatic carbocycles. The van der Waals surface area contributed by atoms with Crippen molar-refractivity contribution in [1.29, 1.82) is 0 Å². The van der Waals surface area contributed by atoms with Gasteiger partial charge < -0.3 is 0 Å². The van der Waals surface area contributed by atoms with Crippen molar-refractivity contribution in [2.24, 2.45) is 0 Å². The molecule has 0 fully saturated rings. The third kappa shape index (κ3) is 2.78. The molecule has 88 valence electrons. The fourth-order valence-electron chi connectivity index (χ4n) is 1.13. The quantitative estimate of drug-likeness (QED) is 0.537. The van der Waals surface area contributed by atoms with E-state index >= 15 is 0 Å². The van der Waals surface area contributed by atoms with Gasteiger partial charge in [0.2, 0.25) is 0 Å². The van der Waals surface area contributed by atoms with Gasteiger partial charge in [-0.1, -0.05) is 27.5 Å². The Morgan fingerprint density at radius 2 is 1.94 bits per heavy atom. The van der Waals surface area contributed by atoms with E-state index in [1.807, 2.05) is 0 Å². The van der Waals surface area contributed by atoms with Crippen molar-refractivity contribution in [2.75, 3.05) is 5.33 Å². The van der Waals surface area contributed by atoms with E-state index in [1.165, 1.54) is 0 Å². The predicted molar refractivity (Wildman–Crippen MR) is 62.3 cm³/mol. The summed E-state index contributed by atoms with van der Waals surface area (Å²) in [5.41, 5.74) is -1.54. The zero-order valence-corrected chi connectivity index (χ0v) is 11.5. The summed E-state index contributed by atoms with van der Waals surface area (Å²) in [5.74, 6) is -0.710. The van der Waals surface area contributed by atoms with E-state index in [0.717, 1.165) is 12.1 Å². The Balaban J connectivity index is 3.51. The van der Waals surface area contributed by atoms with E-state index in [1.54, 1.807) is 0 Å². The summed E-state index contributed by atoms with van der Waals surface area (Å²) >= 11 is 11.5. The summed E-state index contributed by atoms with van der Waals surface area (Å²) in [4.78, 5) is 11.4. The summed E-state index contributed by atoms with van der Waals surface area (Å²) in [6.07, 6.45) is -4.60. The van der Waals surface area contributed by atoms with Crippen LogP contribution in [0, 0.1) is 0 Å². The first kappa shape index (κ1) is 14.0. The molecule has 0 spiro atoms. The Labute approximate surface area is 111 Å². The van der Waals surface area contributed by atoms with Crippen LogP contribution in [0.5, 0.6) is 0 Å². The zero-order chi connectivity index (χ0) is 12.5. The molecule has 0 saturated carbocycles. The third-order valence-corrected chi connectivity index (χ3v) is 3.59. The number of halogens is 6. The first-order chi connectivity index (χ1) is 7.29. The van der Waals surface area contributed by atoms with E-state index in [0.29, 0.717) is 0 Å². The van der Waals surface area contributed by atoms with Gasteiger partial charge in [-0.25, -0.2) is 0 Å². The van der Waals surface area contributed by atoms with Gasteiger partial charge in [-0.3, -0.25) is 4.79 Å². The minimum atomic E-state index is -4.60. The van der Waals surface area contributed by atoms with Gasteiger partial charge in [0, 0.05) is 4.47 Å². The van der Waals surface area contributed by atoms with Crippen molar-refractivity contribution in [3.8, 4) is 0 Å². The number of Topliss-reactive ketones (excluding diaryl/α,β-unsaturated/α-hetero) is 1. The predicted octanol–water partition coefficient (Wildman–Crippen LogP) is 4.70. The number of hydrogen-bond acceptors (Lipinski definition) is 1. The van der Waals surface area contributed by atoms with Crippen LogP contribution >= 0.6 is 43.5 Å². The highest BCUT2D eigenvalue weighted by Gasteiger charge is 2.36. The lowest BCUT2D eigenvalue weighted by molar-refractivity contribution is -0.137. The van der Waals surface area contributed by atoms with Gasteiger partial charge in [0.05, 0.1) is 21.5 Å². The maximum absolute atomic E-state index is 12.6. The van der Waals surface area contributed by atoms with Gasteiger partial charge in [0.1, 0.15) is 0 Å². The minimum Gasteiger partial charge on any atom is -0.293 e. The molecule has 16 heavy (non-hydrogen) atoms. The van der Waals surface area contributed by atoms with Gasteiger partial charge in [0.25, 0.3) is 0 Å². The van der Waals surface area contributed by atoms with E-state index < -0.39 is 23.1 Å². The number of carbonyl (C=O) groups excluding carboxylic acids is 1. The maximum Gasteiger partial charge on any atom is 0.417 e. The van der Waals surface area contributed by atoms with Gasteiger partial charge in [-0.15, -0.1) is 0 Å². The molecule has 0 radical (unpaired) electrons. The molecule has 0 aromatic heterocycles. The highest BCUT2D eigenvalue weighted by atomic mass is 79.9. The molecule has 0 unspecified atom stereocenters. The molecule has 0 saturated heterocycles. The van der Waals surface area contributed by atoms with Crippen LogP contribution in [0.25, 0.3) is 0 Å². The number of hydrogen-bond donors (Lipinski definition) is 0. The SMILES string of the molecule is O=C(CBr)c1c(C(F)(F)F)ccc(Br)c1Cl. The average molecular weight is 380 g/mol. The smallest absolute Gasteiger partial charge is 0.293 e. The van der Waals surface area contributed by atoms with Crippen molar-refractivity contribution >= 4 is 49.2 Å². The van der Waals surface area contributed by atoms with Gasteiger partial charge >= 0.3 is 6.18 Å². The van der Waals surface area contributed by atoms with Crippen LogP contribution in [0.15, 0.2) is 16.6 Å². The second kappa shape index (κ2) is 5.06. The van der Waals surface area contributed by atoms with Crippen LogP contribution in [-0.2, 0) is 6.18 Å². The van der Waals surface area contributed by atoms with Crippen LogP contribution in [0.3, 0.4) is 0 Å². The molecule has 0 aliphatic heterocycles. The molecule has 1 rings (SSSR count). The summed E-state index contributed by atoms with van der Waals surface area (Å²) in [5, 5.41) is -0.439. The van der Waals surface area contributed by atoms with Crippen molar-refractivity contribution in [3.63, 3.8) is 0 Å². The highest BCUT2D eigenvalue weighted by Crippen LogP contribution is 2.38. The molecule has 0 aliphatic carbocycles. The van der Waals surface area contributed by atoms with E-state index in [9.17, 15) is 18.0 Å². The molecule has 0 heterocycles. The molecule has 1 aromatic rings. The molecule has 0 N–H and O–H groups in total. The minimum absolute atomic E-state index is 0.216. The Kier molecular flexibility index (Phi) is 4.42. The molecular weight excluding hydrogens is 376 g/mol. The van der Waals surface area contributed by atoms with Crippen molar-refractivity contribution < 1.29 is 18.0 Å². The first-order valence-electron chi connectivity index (χ1n) is 3.93. The number of rotatable bonds is 2. The first-order valence-corrected chi connectivity index (χ1v) is 6.22. The average Bonchev–Trinajstić information content (AvgIpc) is 2.19. The van der Waals surface area contributed by atoms with E-state index in [2.05, 4.69) is 31.9 Å². The van der Waals surface area contributed by atoms with Crippen molar-refractivity contribution in [3.05, 3.63) is 32.8 Å². The molecule has 0 bridgehead atoms. The van der Waals surface area contributed by atoms with Crippen molar-refractivity contribution in [2.45, 2.75) is 6.18 Å². The lowest BCUT2D eigenvalue weighted by Gasteiger charge is -2.13. The Morgan fingerprint density at radius 1 is 1.38 bits per heavy atom. The molecule has 7 heteroatoms. The topological polar surface area (TPSA) is 17.1 Å². The van der Waals surface area contributed by atoms with Gasteiger partial charge in [-0.05, 0) is 28.1 Å². The van der Waals surface area contributed by atoms with Crippen molar-refractivity contribution in [1.82, 2.24) is 0 Å². The summed E-state index contributed by atoms with van der Waals surface area (Å²) in [6, 6.07) is 1.99. The second-order valence-electron chi connectivity index (χ2n) is 2.84. The standard InChI is InChI=1S/C9H4Br2ClF3O/c10-3-6(16)7-4(9(13,14)15)1-2-5(11)8(7)12/h1-2H,3H2. The Morgan fingerprint density at radius 3 is 2.38 bits per heavy atom. The van der Waals surface area contributed by atoms with Crippen LogP contribution < -0.4 is 0 Å². The fourth-order valence-corrected chi connectivity index (χ4v) is 2.01. The van der Waals surface area contributed by atoms with E-state index in [4.69, 9.17) is 11.6 Å². The van der Waals surface area contributed by atoms with Crippen LogP contribution in [0.1, 0.15) is 15.9 Å². The molecule has 0 atom stereocenters. The van der Waals surface area contributed by atoms with Crippen LogP contribution in [0.4, 0.5) is 13.2 Å². The van der Waals surface area contributed by atoms with E-state index in [-0.39, 0.29) is 14.8 Å². The number of carbonyl (C=O) groups is 1. The normalized spacial score (nSPS) is 11.6. The Bertz CT molecular complexity index is 431. The lowest BCUT2D eigenvalue weighted by Crippen LogP contribution is -2.14. The molecule has 1 nitrogen and oxygen atoms in total. The second-order valence-corrected chi connectivity index (χ2v) is 4.63. The summed E-state index contributed by atoms with van der Waals surface area (Å²) in [6.45, 7) is 0. The van der Waals surface area contributed by atoms with Crippen LogP contribution in [-0.4, -0.2) is 11.1 Å². The molecule has 0 amide bonds. The fraction of sp³-hybridized carbons (Fsp3) is 0.222. The maximum atomic E-state index is 12.6. The molecule has 0 aliphatic rings. The number of benzene rings is 1. The Hall–Kier alpha value is -0.0700. The largest absolute Gasteiger partial charge is 0.417 e. The zero-order valence-electron chi connectivity index (χ0n) is 7.54. The van der Waals surface area contributed by atoms with Crippen LogP contribution in [0.2, 0.25) is 5.02 Å².